The number of rotatable bonds is 2. The highest BCUT2D eigenvalue weighted by atomic mass is 79.9. The standard InChI is InChI=1S/C12H15Br2NO2S/c1-9-8-18(16,17)5-4-15(9)12-3-2-11(14)6-10(12)7-13/h2-3,6,9H,4-5,7-8H2,1H3. The third-order valence-electron chi connectivity index (χ3n) is 3.17. The van der Waals surface area contributed by atoms with E-state index in [9.17, 15) is 8.42 Å². The molecule has 0 amide bonds. The summed E-state index contributed by atoms with van der Waals surface area (Å²) in [5, 5.41) is 0.762. The molecule has 1 unspecified atom stereocenters. The van der Waals surface area contributed by atoms with Gasteiger partial charge >= 0.3 is 0 Å². The molecule has 1 fully saturated rings. The highest BCUT2D eigenvalue weighted by Gasteiger charge is 2.29. The van der Waals surface area contributed by atoms with Crippen LogP contribution >= 0.6 is 31.9 Å². The summed E-state index contributed by atoms with van der Waals surface area (Å²) in [5.41, 5.74) is 2.30. The van der Waals surface area contributed by atoms with E-state index in [1.807, 2.05) is 13.0 Å². The normalized spacial score (nSPS) is 23.1. The number of anilines is 1. The van der Waals surface area contributed by atoms with E-state index >= 15 is 0 Å². The molecule has 0 N–H and O–H groups in total. The van der Waals surface area contributed by atoms with Crippen molar-refractivity contribution >= 4 is 47.4 Å². The summed E-state index contributed by atoms with van der Waals surface area (Å²) >= 11 is 6.94. The van der Waals surface area contributed by atoms with Gasteiger partial charge < -0.3 is 4.90 Å². The molecule has 1 heterocycles. The Kier molecular flexibility index (Phi) is 4.39. The fourth-order valence-electron chi connectivity index (χ4n) is 2.30. The minimum Gasteiger partial charge on any atom is -0.367 e. The summed E-state index contributed by atoms with van der Waals surface area (Å²) in [4.78, 5) is 2.18. The zero-order valence-corrected chi connectivity index (χ0v) is 14.1. The number of nitrogens with zero attached hydrogens (tertiary/aromatic N) is 1. The molecule has 1 aromatic carbocycles. The van der Waals surface area contributed by atoms with Gasteiger partial charge in [0.05, 0.1) is 11.5 Å². The minimum atomic E-state index is -2.86. The number of hydrogen-bond acceptors (Lipinski definition) is 3. The Labute approximate surface area is 125 Å². The van der Waals surface area contributed by atoms with Crippen LogP contribution < -0.4 is 4.90 Å². The Morgan fingerprint density at radius 1 is 1.44 bits per heavy atom. The number of sulfone groups is 1. The maximum Gasteiger partial charge on any atom is 0.154 e. The average molecular weight is 397 g/mol. The summed E-state index contributed by atoms with van der Waals surface area (Å²) < 4.78 is 24.2. The topological polar surface area (TPSA) is 37.4 Å². The summed E-state index contributed by atoms with van der Waals surface area (Å²) in [5.74, 6) is 0.486. The van der Waals surface area contributed by atoms with E-state index in [2.05, 4.69) is 48.9 Å². The Bertz CT molecular complexity index is 545. The van der Waals surface area contributed by atoms with Crippen LogP contribution in [0.1, 0.15) is 12.5 Å². The van der Waals surface area contributed by atoms with Crippen LogP contribution in [0.2, 0.25) is 0 Å². The van der Waals surface area contributed by atoms with E-state index < -0.39 is 9.84 Å². The molecule has 0 aliphatic carbocycles. The predicted octanol–water partition coefficient (Wildman–Crippen LogP) is 2.97. The molecule has 1 aliphatic heterocycles. The lowest BCUT2D eigenvalue weighted by Crippen LogP contribution is -2.47. The van der Waals surface area contributed by atoms with E-state index in [0.29, 0.717) is 6.54 Å². The van der Waals surface area contributed by atoms with Gasteiger partial charge in [0.2, 0.25) is 0 Å². The molecular weight excluding hydrogens is 382 g/mol. The molecule has 1 saturated heterocycles. The van der Waals surface area contributed by atoms with Crippen LogP contribution in [0.5, 0.6) is 0 Å². The molecule has 0 bridgehead atoms. The first-order chi connectivity index (χ1) is 8.43. The van der Waals surface area contributed by atoms with Crippen LogP contribution in [-0.4, -0.2) is 32.5 Å². The lowest BCUT2D eigenvalue weighted by Gasteiger charge is -2.36. The quantitative estimate of drug-likeness (QED) is 0.721. The van der Waals surface area contributed by atoms with Gasteiger partial charge in [0.25, 0.3) is 0 Å². The number of hydrogen-bond donors (Lipinski definition) is 0. The van der Waals surface area contributed by atoms with E-state index in [4.69, 9.17) is 0 Å². The molecule has 3 nitrogen and oxygen atoms in total. The molecule has 1 aliphatic rings. The molecule has 1 atom stereocenters. The highest BCUT2D eigenvalue weighted by Crippen LogP contribution is 2.29. The Morgan fingerprint density at radius 3 is 2.78 bits per heavy atom. The van der Waals surface area contributed by atoms with Crippen LogP contribution in [-0.2, 0) is 15.2 Å². The average Bonchev–Trinajstić information content (AvgIpc) is 2.29. The lowest BCUT2D eigenvalue weighted by atomic mass is 10.1. The van der Waals surface area contributed by atoms with Gasteiger partial charge in [0.15, 0.2) is 9.84 Å². The van der Waals surface area contributed by atoms with Gasteiger partial charge in [0.1, 0.15) is 0 Å². The van der Waals surface area contributed by atoms with Gasteiger partial charge in [-0.1, -0.05) is 31.9 Å². The smallest absolute Gasteiger partial charge is 0.154 e. The van der Waals surface area contributed by atoms with Crippen LogP contribution in [0.3, 0.4) is 0 Å². The van der Waals surface area contributed by atoms with E-state index in [1.54, 1.807) is 0 Å². The van der Waals surface area contributed by atoms with Crippen molar-refractivity contribution in [3.8, 4) is 0 Å². The second-order valence-corrected chi connectivity index (χ2v) is 8.27. The molecule has 0 radical (unpaired) electrons. The van der Waals surface area contributed by atoms with Gasteiger partial charge in [-0.3, -0.25) is 0 Å². The lowest BCUT2D eigenvalue weighted by molar-refractivity contribution is 0.568. The fraction of sp³-hybridized carbons (Fsp3) is 0.500. The number of benzene rings is 1. The monoisotopic (exact) mass is 395 g/mol. The van der Waals surface area contributed by atoms with Crippen molar-refractivity contribution in [1.82, 2.24) is 0 Å². The van der Waals surface area contributed by atoms with Gasteiger partial charge in [-0.2, -0.15) is 0 Å². The van der Waals surface area contributed by atoms with Crippen LogP contribution in [0.25, 0.3) is 0 Å². The van der Waals surface area contributed by atoms with Crippen molar-refractivity contribution < 1.29 is 8.42 Å². The molecule has 100 valence electrons. The SMILES string of the molecule is CC1CS(=O)(=O)CCN1c1ccc(Br)cc1CBr. The molecule has 0 aromatic heterocycles. The first-order valence-corrected chi connectivity index (χ1v) is 9.48. The van der Waals surface area contributed by atoms with E-state index in [1.165, 1.54) is 5.56 Å². The first kappa shape index (κ1) is 14.3. The Morgan fingerprint density at radius 2 is 2.17 bits per heavy atom. The largest absolute Gasteiger partial charge is 0.367 e. The third kappa shape index (κ3) is 3.08. The summed E-state index contributed by atoms with van der Waals surface area (Å²) in [7, 11) is -2.86. The van der Waals surface area contributed by atoms with Gasteiger partial charge in [0, 0.05) is 28.1 Å². The van der Waals surface area contributed by atoms with Gasteiger partial charge in [-0.25, -0.2) is 8.42 Å². The van der Waals surface area contributed by atoms with Crippen molar-refractivity contribution in [2.75, 3.05) is 23.0 Å². The molecule has 18 heavy (non-hydrogen) atoms. The second-order valence-electron chi connectivity index (χ2n) is 4.56. The maximum absolute atomic E-state index is 11.6. The summed E-state index contributed by atoms with van der Waals surface area (Å²) in [6.07, 6.45) is 0. The van der Waals surface area contributed by atoms with Crippen LogP contribution in [0, 0.1) is 0 Å². The summed E-state index contributed by atoms with van der Waals surface area (Å²) in [6.45, 7) is 2.54. The van der Waals surface area contributed by atoms with Crippen molar-refractivity contribution in [3.05, 3.63) is 28.2 Å². The second kappa shape index (κ2) is 5.51. The molecular formula is C12H15Br2NO2S. The number of halogens is 2. The zero-order valence-electron chi connectivity index (χ0n) is 10.1. The van der Waals surface area contributed by atoms with Crippen LogP contribution in [0.15, 0.2) is 22.7 Å². The van der Waals surface area contributed by atoms with Crippen molar-refractivity contribution in [1.29, 1.82) is 0 Å². The first-order valence-electron chi connectivity index (χ1n) is 5.74. The molecule has 0 saturated carbocycles. The highest BCUT2D eigenvalue weighted by molar-refractivity contribution is 9.10. The van der Waals surface area contributed by atoms with Crippen molar-refractivity contribution in [2.24, 2.45) is 0 Å². The van der Waals surface area contributed by atoms with Crippen LogP contribution in [0.4, 0.5) is 5.69 Å². The molecule has 1 aromatic rings. The van der Waals surface area contributed by atoms with E-state index in [-0.39, 0.29) is 17.5 Å². The third-order valence-corrected chi connectivity index (χ3v) is 6.06. The van der Waals surface area contributed by atoms with Crippen molar-refractivity contribution in [3.63, 3.8) is 0 Å². The predicted molar refractivity (Wildman–Crippen MR) is 82.2 cm³/mol. The molecule has 2 rings (SSSR count). The zero-order chi connectivity index (χ0) is 13.3. The van der Waals surface area contributed by atoms with Gasteiger partial charge in [-0.05, 0) is 30.7 Å². The minimum absolute atomic E-state index is 0.0303. The van der Waals surface area contributed by atoms with Crippen molar-refractivity contribution in [2.45, 2.75) is 18.3 Å². The fourth-order valence-corrected chi connectivity index (χ4v) is 4.71. The van der Waals surface area contributed by atoms with Gasteiger partial charge in [-0.15, -0.1) is 0 Å². The maximum atomic E-state index is 11.6. The van der Waals surface area contributed by atoms with E-state index in [0.717, 1.165) is 15.5 Å². The Hall–Kier alpha value is -0.0700. The Balaban J connectivity index is 2.32. The molecule has 6 heteroatoms. The summed E-state index contributed by atoms with van der Waals surface area (Å²) in [6, 6.07) is 6.15. The number of alkyl halides is 1. The molecule has 0 spiro atoms.